The number of halogens is 1. The number of hydrogen-bond acceptors (Lipinski definition) is 4. The Bertz CT molecular complexity index is 1330. The van der Waals surface area contributed by atoms with E-state index in [4.69, 9.17) is 21.1 Å². The van der Waals surface area contributed by atoms with E-state index in [0.717, 1.165) is 27.2 Å². The Morgan fingerprint density at radius 2 is 1.90 bits per heavy atom. The van der Waals surface area contributed by atoms with Crippen molar-refractivity contribution >= 4 is 44.9 Å². The van der Waals surface area contributed by atoms with Crippen LogP contribution in [0.15, 0.2) is 48.5 Å². The maximum atomic E-state index is 13.5. The van der Waals surface area contributed by atoms with Crippen molar-refractivity contribution in [1.82, 2.24) is 4.98 Å². The first-order valence-electron chi connectivity index (χ1n) is 9.93. The molecule has 158 valence electrons. The number of aromatic amines is 1. The number of nitrogens with one attached hydrogen (secondary N) is 1. The van der Waals surface area contributed by atoms with Crippen molar-refractivity contribution in [2.24, 2.45) is 0 Å². The summed E-state index contributed by atoms with van der Waals surface area (Å²) in [5.74, 6) is 1.47. The van der Waals surface area contributed by atoms with Crippen LogP contribution in [0.3, 0.4) is 0 Å². The molecule has 6 nitrogen and oxygen atoms in total. The predicted molar refractivity (Wildman–Crippen MR) is 122 cm³/mol. The van der Waals surface area contributed by atoms with E-state index in [1.807, 2.05) is 30.3 Å². The third-order valence-electron chi connectivity index (χ3n) is 5.95. The number of nitrogens with zero attached hydrogens (tertiary/aromatic N) is 1. The highest BCUT2D eigenvalue weighted by molar-refractivity contribution is 6.19. The average Bonchev–Trinajstić information content (AvgIpc) is 3.39. The molecule has 2 N–H and O–H groups in total. The van der Waals surface area contributed by atoms with Gasteiger partial charge < -0.3 is 24.5 Å². The molecule has 7 heteroatoms. The lowest BCUT2D eigenvalue weighted by atomic mass is 9.95. The SMILES string of the molecule is COc1ccc2[nH]c(C(=O)N3CC(CCl)c4c3cc(O)c3ccccc43)cc2c1OC. The number of carbonyl (C=O) groups is 1. The van der Waals surface area contributed by atoms with Gasteiger partial charge in [0.05, 0.1) is 25.4 Å². The first-order chi connectivity index (χ1) is 15.1. The Kier molecular flexibility index (Phi) is 4.67. The number of alkyl halides is 1. The Hall–Kier alpha value is -3.38. The zero-order chi connectivity index (χ0) is 21.7. The number of rotatable bonds is 4. The first kappa shape index (κ1) is 19.6. The molecule has 1 amide bonds. The quantitative estimate of drug-likeness (QED) is 0.440. The van der Waals surface area contributed by atoms with Crippen molar-refractivity contribution < 1.29 is 19.4 Å². The summed E-state index contributed by atoms with van der Waals surface area (Å²) >= 11 is 6.29. The zero-order valence-electron chi connectivity index (χ0n) is 17.1. The fraction of sp³-hybridized carbons (Fsp3) is 0.208. The molecule has 4 aromatic rings. The lowest BCUT2D eigenvalue weighted by molar-refractivity contribution is 0.0984. The fourth-order valence-corrected chi connectivity index (χ4v) is 4.79. The van der Waals surface area contributed by atoms with E-state index in [1.54, 1.807) is 37.3 Å². The minimum atomic E-state index is -0.194. The number of fused-ring (bicyclic) bond motifs is 4. The molecule has 1 aromatic heterocycles. The van der Waals surface area contributed by atoms with Crippen LogP contribution in [-0.4, -0.2) is 42.6 Å². The van der Waals surface area contributed by atoms with Gasteiger partial charge in [0, 0.05) is 35.2 Å². The minimum Gasteiger partial charge on any atom is -0.507 e. The number of anilines is 1. The molecule has 0 aliphatic carbocycles. The van der Waals surface area contributed by atoms with E-state index in [0.29, 0.717) is 35.3 Å². The highest BCUT2D eigenvalue weighted by atomic mass is 35.5. The third-order valence-corrected chi connectivity index (χ3v) is 6.32. The number of aromatic hydroxyl groups is 1. The van der Waals surface area contributed by atoms with Crippen LogP contribution in [0.5, 0.6) is 17.2 Å². The predicted octanol–water partition coefficient (Wildman–Crippen LogP) is 5.03. The molecule has 3 aromatic carbocycles. The number of carbonyl (C=O) groups excluding carboxylic acids is 1. The maximum Gasteiger partial charge on any atom is 0.274 e. The maximum absolute atomic E-state index is 13.5. The molecule has 2 heterocycles. The van der Waals surface area contributed by atoms with Crippen LogP contribution in [0.4, 0.5) is 5.69 Å². The summed E-state index contributed by atoms with van der Waals surface area (Å²) in [6.45, 7) is 0.445. The molecular weight excluding hydrogens is 416 g/mol. The number of phenols is 1. The number of phenolic OH excluding ortho intramolecular Hbond substituents is 1. The van der Waals surface area contributed by atoms with E-state index < -0.39 is 0 Å². The zero-order valence-corrected chi connectivity index (χ0v) is 17.9. The Balaban J connectivity index is 1.63. The van der Waals surface area contributed by atoms with E-state index >= 15 is 0 Å². The molecule has 0 radical (unpaired) electrons. The third kappa shape index (κ3) is 2.90. The number of hydrogen-bond donors (Lipinski definition) is 2. The number of methoxy groups -OCH3 is 2. The standard InChI is InChI=1S/C24H21ClN2O4/c1-30-21-8-7-17-16(23(21)31-2)9-18(26-17)24(29)27-12-13(11-25)22-15-6-4-3-5-14(15)20(28)10-19(22)27/h3-10,13,26,28H,11-12H2,1-2H3. The summed E-state index contributed by atoms with van der Waals surface area (Å²) in [6, 6.07) is 14.7. The molecule has 1 unspecified atom stereocenters. The summed E-state index contributed by atoms with van der Waals surface area (Å²) in [7, 11) is 3.15. The molecule has 0 saturated heterocycles. The van der Waals surface area contributed by atoms with Crippen molar-refractivity contribution in [2.45, 2.75) is 5.92 Å². The van der Waals surface area contributed by atoms with Gasteiger partial charge in [-0.25, -0.2) is 0 Å². The first-order valence-corrected chi connectivity index (χ1v) is 10.5. The fourth-order valence-electron chi connectivity index (χ4n) is 4.53. The largest absolute Gasteiger partial charge is 0.507 e. The van der Waals surface area contributed by atoms with Gasteiger partial charge in [-0.2, -0.15) is 0 Å². The molecule has 31 heavy (non-hydrogen) atoms. The van der Waals surface area contributed by atoms with Crippen molar-refractivity contribution in [3.8, 4) is 17.2 Å². The molecule has 1 atom stereocenters. The van der Waals surface area contributed by atoms with Crippen molar-refractivity contribution in [2.75, 3.05) is 31.5 Å². The second-order valence-electron chi connectivity index (χ2n) is 7.59. The van der Waals surface area contributed by atoms with Gasteiger partial charge in [-0.15, -0.1) is 11.6 Å². The van der Waals surface area contributed by atoms with Gasteiger partial charge in [0.25, 0.3) is 5.91 Å². The molecule has 0 saturated carbocycles. The summed E-state index contributed by atoms with van der Waals surface area (Å²) in [4.78, 5) is 18.4. The van der Waals surface area contributed by atoms with Crippen LogP contribution in [-0.2, 0) is 0 Å². The normalized spacial score (nSPS) is 15.5. The Morgan fingerprint density at radius 3 is 2.61 bits per heavy atom. The topological polar surface area (TPSA) is 74.8 Å². The Labute approximate surface area is 183 Å². The molecule has 0 spiro atoms. The van der Waals surface area contributed by atoms with Crippen LogP contribution >= 0.6 is 11.6 Å². The number of benzene rings is 3. The van der Waals surface area contributed by atoms with Crippen LogP contribution in [0, 0.1) is 0 Å². The number of ether oxygens (including phenoxy) is 2. The van der Waals surface area contributed by atoms with E-state index in [2.05, 4.69) is 4.98 Å². The smallest absolute Gasteiger partial charge is 0.274 e. The summed E-state index contributed by atoms with van der Waals surface area (Å²) < 4.78 is 10.9. The average molecular weight is 437 g/mol. The monoisotopic (exact) mass is 436 g/mol. The summed E-state index contributed by atoms with van der Waals surface area (Å²) in [5, 5.41) is 13.0. The summed E-state index contributed by atoms with van der Waals surface area (Å²) in [6.07, 6.45) is 0. The van der Waals surface area contributed by atoms with Crippen LogP contribution < -0.4 is 14.4 Å². The van der Waals surface area contributed by atoms with Gasteiger partial charge in [-0.3, -0.25) is 4.79 Å². The lowest BCUT2D eigenvalue weighted by Gasteiger charge is -2.17. The number of amides is 1. The van der Waals surface area contributed by atoms with Gasteiger partial charge in [0.2, 0.25) is 0 Å². The van der Waals surface area contributed by atoms with Gasteiger partial charge >= 0.3 is 0 Å². The lowest BCUT2D eigenvalue weighted by Crippen LogP contribution is -2.30. The van der Waals surface area contributed by atoms with Crippen molar-refractivity contribution in [3.63, 3.8) is 0 Å². The van der Waals surface area contributed by atoms with Crippen LogP contribution in [0.1, 0.15) is 22.0 Å². The number of aromatic nitrogens is 1. The molecular formula is C24H21ClN2O4. The summed E-state index contributed by atoms with van der Waals surface area (Å²) in [5.41, 5.74) is 2.88. The number of H-pyrrole nitrogens is 1. The van der Waals surface area contributed by atoms with E-state index in [9.17, 15) is 9.90 Å². The van der Waals surface area contributed by atoms with Crippen molar-refractivity contribution in [3.05, 3.63) is 59.8 Å². The van der Waals surface area contributed by atoms with Gasteiger partial charge in [0.1, 0.15) is 11.4 Å². The van der Waals surface area contributed by atoms with E-state index in [-0.39, 0.29) is 17.6 Å². The molecule has 0 bridgehead atoms. The minimum absolute atomic E-state index is 0.0230. The van der Waals surface area contributed by atoms with Gasteiger partial charge in [-0.05, 0) is 29.1 Å². The highest BCUT2D eigenvalue weighted by Gasteiger charge is 2.35. The molecule has 5 rings (SSSR count). The highest BCUT2D eigenvalue weighted by Crippen LogP contribution is 2.46. The molecule has 1 aliphatic rings. The molecule has 1 aliphatic heterocycles. The molecule has 0 fully saturated rings. The van der Waals surface area contributed by atoms with Crippen molar-refractivity contribution in [1.29, 1.82) is 0 Å². The second-order valence-corrected chi connectivity index (χ2v) is 7.89. The van der Waals surface area contributed by atoms with Crippen LogP contribution in [0.25, 0.3) is 21.7 Å². The van der Waals surface area contributed by atoms with Gasteiger partial charge in [0.15, 0.2) is 11.5 Å². The Morgan fingerprint density at radius 1 is 1.13 bits per heavy atom. The van der Waals surface area contributed by atoms with Gasteiger partial charge in [-0.1, -0.05) is 24.3 Å². The van der Waals surface area contributed by atoms with Crippen LogP contribution in [0.2, 0.25) is 0 Å². The van der Waals surface area contributed by atoms with E-state index in [1.165, 1.54) is 0 Å². The second kappa shape index (κ2) is 7.39.